The predicted molar refractivity (Wildman–Crippen MR) is 86.7 cm³/mol. The van der Waals surface area contributed by atoms with Gasteiger partial charge in [0.1, 0.15) is 6.10 Å². The average Bonchev–Trinajstić information content (AvgIpc) is 3.38. The molecule has 0 spiro atoms. The Morgan fingerprint density at radius 3 is 2.52 bits per heavy atom. The van der Waals surface area contributed by atoms with E-state index in [1.807, 2.05) is 13.1 Å². The number of nitrogens with zero attached hydrogens (tertiary/aromatic N) is 3. The number of aliphatic hydroxyl groups excluding tert-OH is 1. The molecule has 1 aromatic rings. The Balaban J connectivity index is 1.51. The van der Waals surface area contributed by atoms with Gasteiger partial charge in [0.05, 0.1) is 23.6 Å². The van der Waals surface area contributed by atoms with Crippen LogP contribution >= 0.6 is 0 Å². The van der Waals surface area contributed by atoms with E-state index < -0.39 is 6.10 Å². The number of piperidine rings is 1. The molecule has 1 aromatic heterocycles. The number of likely N-dealkylation sites (tertiary alicyclic amines) is 1. The van der Waals surface area contributed by atoms with Crippen LogP contribution < -0.4 is 5.32 Å². The van der Waals surface area contributed by atoms with Crippen molar-refractivity contribution in [2.24, 2.45) is 5.92 Å². The molecule has 2 N–H and O–H groups in total. The number of aromatic nitrogens is 2. The summed E-state index contributed by atoms with van der Waals surface area (Å²) < 4.78 is 0. The lowest BCUT2D eigenvalue weighted by Crippen LogP contribution is -2.45. The van der Waals surface area contributed by atoms with E-state index in [-0.39, 0.29) is 17.9 Å². The number of aryl methyl sites for hydroxylation is 1. The molecular weight excluding hydrogens is 292 g/mol. The first-order chi connectivity index (χ1) is 11.0. The lowest BCUT2D eigenvalue weighted by atomic mass is 9.90. The fourth-order valence-corrected chi connectivity index (χ4v) is 3.16. The van der Waals surface area contributed by atoms with Crippen LogP contribution in [0.5, 0.6) is 0 Å². The van der Waals surface area contributed by atoms with Crippen LogP contribution in [-0.2, 0) is 4.79 Å². The van der Waals surface area contributed by atoms with Crippen LogP contribution in [0.4, 0.5) is 0 Å². The highest BCUT2D eigenvalue weighted by Crippen LogP contribution is 2.28. The molecule has 1 aliphatic carbocycles. The Kier molecular flexibility index (Phi) is 4.92. The van der Waals surface area contributed by atoms with Crippen LogP contribution in [0.15, 0.2) is 12.4 Å². The Morgan fingerprint density at radius 1 is 1.26 bits per heavy atom. The smallest absolute Gasteiger partial charge is 0.249 e. The second-order valence-corrected chi connectivity index (χ2v) is 6.86. The summed E-state index contributed by atoms with van der Waals surface area (Å²) in [6, 6.07) is 0.513. The van der Waals surface area contributed by atoms with E-state index in [9.17, 15) is 9.90 Å². The van der Waals surface area contributed by atoms with E-state index in [2.05, 4.69) is 27.1 Å². The Bertz CT molecular complexity index is 536. The van der Waals surface area contributed by atoms with Crippen molar-refractivity contribution in [1.29, 1.82) is 0 Å². The van der Waals surface area contributed by atoms with Gasteiger partial charge in [-0.1, -0.05) is 0 Å². The third-order valence-electron chi connectivity index (χ3n) is 4.99. The van der Waals surface area contributed by atoms with Gasteiger partial charge in [-0.05, 0) is 58.5 Å². The van der Waals surface area contributed by atoms with E-state index in [4.69, 9.17) is 0 Å². The normalized spacial score (nSPS) is 22.6. The largest absolute Gasteiger partial charge is 0.383 e. The third-order valence-corrected chi connectivity index (χ3v) is 4.99. The van der Waals surface area contributed by atoms with Crippen molar-refractivity contribution in [3.05, 3.63) is 23.8 Å². The number of nitrogens with one attached hydrogen (secondary N) is 1. The van der Waals surface area contributed by atoms with Gasteiger partial charge >= 0.3 is 0 Å². The summed E-state index contributed by atoms with van der Waals surface area (Å²) in [5.74, 6) is -0.135. The molecule has 126 valence electrons. The highest BCUT2D eigenvalue weighted by Gasteiger charge is 2.34. The summed E-state index contributed by atoms with van der Waals surface area (Å²) in [5.41, 5.74) is 1.89. The lowest BCUT2D eigenvalue weighted by Gasteiger charge is -2.36. The molecule has 23 heavy (non-hydrogen) atoms. The standard InChI is InChI=1S/C17H26N4O2/c1-11-9-19-15(10-18-11)12(2)21-7-5-13(6-8-21)16(22)17(23)20-14-3-4-14/h9-10,12-14,16,22H,3-8H2,1-2H3,(H,20,23). The van der Waals surface area contributed by atoms with E-state index in [0.717, 1.165) is 50.2 Å². The molecule has 2 heterocycles. The molecule has 2 aliphatic rings. The minimum atomic E-state index is -0.868. The zero-order chi connectivity index (χ0) is 16.4. The Hall–Kier alpha value is -1.53. The summed E-state index contributed by atoms with van der Waals surface area (Å²) in [6.07, 6.45) is 6.53. The van der Waals surface area contributed by atoms with Crippen molar-refractivity contribution < 1.29 is 9.90 Å². The molecule has 1 amide bonds. The molecule has 6 heteroatoms. The first-order valence-corrected chi connectivity index (χ1v) is 8.55. The van der Waals surface area contributed by atoms with Crippen LogP contribution in [0.1, 0.15) is 50.0 Å². The van der Waals surface area contributed by atoms with Crippen LogP contribution in [0.2, 0.25) is 0 Å². The molecular formula is C17H26N4O2. The third kappa shape index (κ3) is 4.06. The number of aliphatic hydroxyl groups is 1. The number of hydrogen-bond acceptors (Lipinski definition) is 5. The fraction of sp³-hybridized carbons (Fsp3) is 0.706. The van der Waals surface area contributed by atoms with Crippen molar-refractivity contribution in [1.82, 2.24) is 20.2 Å². The fourth-order valence-electron chi connectivity index (χ4n) is 3.16. The number of rotatable bonds is 5. The number of carbonyl (C=O) groups is 1. The van der Waals surface area contributed by atoms with Gasteiger partial charge in [-0.3, -0.25) is 19.7 Å². The molecule has 3 rings (SSSR count). The van der Waals surface area contributed by atoms with Gasteiger partial charge in [0.25, 0.3) is 0 Å². The van der Waals surface area contributed by atoms with Gasteiger partial charge < -0.3 is 10.4 Å². The first-order valence-electron chi connectivity index (χ1n) is 8.55. The molecule has 0 bridgehead atoms. The van der Waals surface area contributed by atoms with Crippen LogP contribution in [0.3, 0.4) is 0 Å². The molecule has 6 nitrogen and oxygen atoms in total. The predicted octanol–water partition coefficient (Wildman–Crippen LogP) is 1.20. The van der Waals surface area contributed by atoms with Crippen LogP contribution in [-0.4, -0.2) is 51.1 Å². The van der Waals surface area contributed by atoms with Crippen molar-refractivity contribution in [2.45, 2.75) is 57.7 Å². The first kappa shape index (κ1) is 16.3. The molecule has 2 unspecified atom stereocenters. The minimum Gasteiger partial charge on any atom is -0.383 e. The van der Waals surface area contributed by atoms with Gasteiger partial charge in [0, 0.05) is 12.2 Å². The van der Waals surface area contributed by atoms with E-state index >= 15 is 0 Å². The van der Waals surface area contributed by atoms with E-state index in [1.165, 1.54) is 0 Å². The lowest BCUT2D eigenvalue weighted by molar-refractivity contribution is -0.133. The number of hydrogen-bond donors (Lipinski definition) is 2. The molecule has 0 radical (unpaired) electrons. The SMILES string of the molecule is Cc1cnc(C(C)N2CCC(C(O)C(=O)NC3CC3)CC2)cn1. The molecule has 1 saturated heterocycles. The van der Waals surface area contributed by atoms with Crippen molar-refractivity contribution in [2.75, 3.05) is 13.1 Å². The van der Waals surface area contributed by atoms with Crippen LogP contribution in [0, 0.1) is 12.8 Å². The maximum Gasteiger partial charge on any atom is 0.249 e. The zero-order valence-electron chi connectivity index (χ0n) is 13.9. The number of carbonyl (C=O) groups excluding carboxylic acids is 1. The number of amides is 1. The Labute approximate surface area is 137 Å². The molecule has 2 atom stereocenters. The summed E-state index contributed by atoms with van der Waals surface area (Å²) in [4.78, 5) is 23.1. The van der Waals surface area contributed by atoms with Gasteiger partial charge in [-0.15, -0.1) is 0 Å². The Morgan fingerprint density at radius 2 is 1.96 bits per heavy atom. The van der Waals surface area contributed by atoms with E-state index in [1.54, 1.807) is 6.20 Å². The molecule has 1 aliphatic heterocycles. The maximum atomic E-state index is 12.0. The average molecular weight is 318 g/mol. The summed E-state index contributed by atoms with van der Waals surface area (Å²) >= 11 is 0. The maximum absolute atomic E-state index is 12.0. The summed E-state index contributed by atoms with van der Waals surface area (Å²) in [6.45, 7) is 5.81. The van der Waals surface area contributed by atoms with Crippen LogP contribution in [0.25, 0.3) is 0 Å². The highest BCUT2D eigenvalue weighted by atomic mass is 16.3. The van der Waals surface area contributed by atoms with E-state index in [0.29, 0.717) is 6.04 Å². The van der Waals surface area contributed by atoms with Gasteiger partial charge in [0.15, 0.2) is 0 Å². The minimum absolute atomic E-state index is 0.0568. The molecule has 0 aromatic carbocycles. The van der Waals surface area contributed by atoms with Crippen molar-refractivity contribution in [3.63, 3.8) is 0 Å². The quantitative estimate of drug-likeness (QED) is 0.853. The van der Waals surface area contributed by atoms with Gasteiger partial charge in [-0.25, -0.2) is 0 Å². The van der Waals surface area contributed by atoms with Gasteiger partial charge in [0.2, 0.25) is 5.91 Å². The molecule has 1 saturated carbocycles. The zero-order valence-corrected chi connectivity index (χ0v) is 13.9. The second kappa shape index (κ2) is 6.93. The van der Waals surface area contributed by atoms with Crippen molar-refractivity contribution in [3.8, 4) is 0 Å². The molecule has 2 fully saturated rings. The summed E-state index contributed by atoms with van der Waals surface area (Å²) in [7, 11) is 0. The monoisotopic (exact) mass is 318 g/mol. The highest BCUT2D eigenvalue weighted by molar-refractivity contribution is 5.81. The summed E-state index contributed by atoms with van der Waals surface area (Å²) in [5, 5.41) is 13.1. The van der Waals surface area contributed by atoms with Gasteiger partial charge in [-0.2, -0.15) is 0 Å². The van der Waals surface area contributed by atoms with Crippen molar-refractivity contribution >= 4 is 5.91 Å². The second-order valence-electron chi connectivity index (χ2n) is 6.86. The topological polar surface area (TPSA) is 78.3 Å².